The van der Waals surface area contributed by atoms with E-state index in [1.807, 2.05) is 0 Å². The number of ether oxygens (including phenoxy) is 1. The van der Waals surface area contributed by atoms with E-state index >= 15 is 0 Å². The maximum Gasteiger partial charge on any atom is 0.310 e. The molecule has 1 amide bonds. The topological polar surface area (TPSA) is 55.4 Å². The third-order valence-corrected chi connectivity index (χ3v) is 5.35. The molecule has 1 aliphatic rings. The number of halogens is 2. The first kappa shape index (κ1) is 19.1. The Morgan fingerprint density at radius 3 is 2.71 bits per heavy atom. The predicted octanol–water partition coefficient (Wildman–Crippen LogP) is 4.02. The number of esters is 1. The van der Waals surface area contributed by atoms with Crippen LogP contribution in [-0.4, -0.2) is 24.5 Å². The second-order valence-corrected chi connectivity index (χ2v) is 7.36. The Morgan fingerprint density at radius 1 is 1.25 bits per heavy atom. The van der Waals surface area contributed by atoms with Crippen LogP contribution in [-0.2, 0) is 20.7 Å². The van der Waals surface area contributed by atoms with Gasteiger partial charge in [0.15, 0.2) is 6.61 Å². The minimum Gasteiger partial charge on any atom is -0.455 e. The Labute approximate surface area is 152 Å². The Hall–Kier alpha value is -1.26. The highest BCUT2D eigenvalue weighted by atomic mass is 35.5. The molecular weight excluding hydrogens is 349 g/mol. The van der Waals surface area contributed by atoms with Gasteiger partial charge in [0.05, 0.1) is 6.42 Å². The number of carbonyl (C=O) groups is 2. The third kappa shape index (κ3) is 5.38. The van der Waals surface area contributed by atoms with Crippen LogP contribution in [0.15, 0.2) is 18.2 Å². The molecule has 1 aromatic rings. The van der Waals surface area contributed by atoms with Gasteiger partial charge in [-0.25, -0.2) is 0 Å². The van der Waals surface area contributed by atoms with E-state index in [1.165, 1.54) is 6.42 Å². The molecule has 1 aromatic carbocycles. The zero-order chi connectivity index (χ0) is 17.7. The van der Waals surface area contributed by atoms with Crippen LogP contribution in [0.1, 0.15) is 38.7 Å². The average molecular weight is 372 g/mol. The number of carbonyl (C=O) groups excluding carboxylic acids is 2. The van der Waals surface area contributed by atoms with Crippen molar-refractivity contribution in [2.24, 2.45) is 11.8 Å². The van der Waals surface area contributed by atoms with Gasteiger partial charge in [-0.3, -0.25) is 9.59 Å². The highest BCUT2D eigenvalue weighted by Gasteiger charge is 2.28. The average Bonchev–Trinajstić information content (AvgIpc) is 2.53. The number of benzene rings is 1. The molecule has 0 aliphatic heterocycles. The fourth-order valence-electron chi connectivity index (χ4n) is 3.05. The van der Waals surface area contributed by atoms with Gasteiger partial charge in [0, 0.05) is 16.1 Å². The second-order valence-electron chi connectivity index (χ2n) is 6.51. The van der Waals surface area contributed by atoms with Crippen molar-refractivity contribution in [3.05, 3.63) is 33.8 Å². The van der Waals surface area contributed by atoms with Gasteiger partial charge in [0.2, 0.25) is 0 Å². The Balaban J connectivity index is 1.77. The molecule has 0 heterocycles. The Bertz CT molecular complexity index is 606. The van der Waals surface area contributed by atoms with Crippen LogP contribution in [0.3, 0.4) is 0 Å². The van der Waals surface area contributed by atoms with E-state index in [0.29, 0.717) is 27.4 Å². The van der Waals surface area contributed by atoms with Crippen molar-refractivity contribution in [3.63, 3.8) is 0 Å². The highest BCUT2D eigenvalue weighted by Crippen LogP contribution is 2.29. The largest absolute Gasteiger partial charge is 0.455 e. The number of hydrogen-bond acceptors (Lipinski definition) is 3. The quantitative estimate of drug-likeness (QED) is 0.795. The lowest BCUT2D eigenvalue weighted by Gasteiger charge is -2.34. The Kier molecular flexibility index (Phi) is 6.93. The van der Waals surface area contributed by atoms with Gasteiger partial charge >= 0.3 is 5.97 Å². The van der Waals surface area contributed by atoms with Gasteiger partial charge in [0.25, 0.3) is 5.91 Å². The van der Waals surface area contributed by atoms with Gasteiger partial charge in [-0.15, -0.1) is 0 Å². The summed E-state index contributed by atoms with van der Waals surface area (Å²) in [5.41, 5.74) is 0.626. The summed E-state index contributed by atoms with van der Waals surface area (Å²) in [5, 5.41) is 3.90. The van der Waals surface area contributed by atoms with E-state index < -0.39 is 5.97 Å². The maximum atomic E-state index is 12.0. The molecule has 0 bridgehead atoms. The molecule has 0 radical (unpaired) electrons. The molecule has 4 nitrogen and oxygen atoms in total. The van der Waals surface area contributed by atoms with E-state index in [9.17, 15) is 9.59 Å². The number of rotatable bonds is 5. The van der Waals surface area contributed by atoms with Crippen molar-refractivity contribution >= 4 is 35.1 Å². The molecule has 1 fully saturated rings. The van der Waals surface area contributed by atoms with Crippen LogP contribution in [0.2, 0.25) is 10.0 Å². The van der Waals surface area contributed by atoms with E-state index in [1.54, 1.807) is 18.2 Å². The summed E-state index contributed by atoms with van der Waals surface area (Å²) in [6.07, 6.45) is 3.31. The third-order valence-electron chi connectivity index (χ3n) is 4.77. The normalized spacial score (nSPS) is 23.6. The van der Waals surface area contributed by atoms with Crippen molar-refractivity contribution in [1.82, 2.24) is 5.32 Å². The fraction of sp³-hybridized carbons (Fsp3) is 0.556. The van der Waals surface area contributed by atoms with Crippen LogP contribution >= 0.6 is 23.2 Å². The monoisotopic (exact) mass is 371 g/mol. The van der Waals surface area contributed by atoms with E-state index in [2.05, 4.69) is 19.2 Å². The van der Waals surface area contributed by atoms with Crippen LogP contribution in [0.5, 0.6) is 0 Å². The molecule has 0 spiro atoms. The van der Waals surface area contributed by atoms with Crippen LogP contribution in [0.4, 0.5) is 0 Å². The van der Waals surface area contributed by atoms with Crippen molar-refractivity contribution in [3.8, 4) is 0 Å². The van der Waals surface area contributed by atoms with E-state index in [-0.39, 0.29) is 25.0 Å². The van der Waals surface area contributed by atoms with Gasteiger partial charge in [-0.05, 0) is 36.0 Å². The molecule has 3 atom stereocenters. The van der Waals surface area contributed by atoms with E-state index in [0.717, 1.165) is 12.8 Å². The summed E-state index contributed by atoms with van der Waals surface area (Å²) in [7, 11) is 0. The highest BCUT2D eigenvalue weighted by molar-refractivity contribution is 6.35. The summed E-state index contributed by atoms with van der Waals surface area (Å²) in [5.74, 6) is 0.292. The summed E-state index contributed by atoms with van der Waals surface area (Å²) in [6.45, 7) is 4.10. The van der Waals surface area contributed by atoms with Gasteiger partial charge < -0.3 is 10.1 Å². The first-order valence-electron chi connectivity index (χ1n) is 8.25. The smallest absolute Gasteiger partial charge is 0.310 e. The standard InChI is InChI=1S/C18H23Cl2NO3/c1-11-4-3-5-16(12(11)2)21-17(22)10-24-18(23)8-13-6-7-14(19)9-15(13)20/h6-7,9,11-12,16H,3-5,8,10H2,1-2H3,(H,21,22)/t11-,12+,16+/m0/s1. The van der Waals surface area contributed by atoms with Crippen LogP contribution in [0.25, 0.3) is 0 Å². The van der Waals surface area contributed by atoms with Gasteiger partial charge in [-0.2, -0.15) is 0 Å². The summed E-state index contributed by atoms with van der Waals surface area (Å²) in [6, 6.07) is 5.07. The fourth-order valence-corrected chi connectivity index (χ4v) is 3.53. The van der Waals surface area contributed by atoms with Crippen LogP contribution < -0.4 is 5.32 Å². The number of nitrogens with one attached hydrogen (secondary N) is 1. The number of hydrogen-bond donors (Lipinski definition) is 1. The molecule has 6 heteroatoms. The first-order valence-corrected chi connectivity index (χ1v) is 9.01. The molecule has 0 unspecified atom stereocenters. The summed E-state index contributed by atoms with van der Waals surface area (Å²) in [4.78, 5) is 23.9. The molecular formula is C18H23Cl2NO3. The minimum absolute atomic E-state index is 0.0140. The SMILES string of the molecule is C[C@@H]1[C@@H](C)CCC[C@H]1NC(=O)COC(=O)Cc1ccc(Cl)cc1Cl. The molecule has 2 rings (SSSR count). The number of amides is 1. The van der Waals surface area contributed by atoms with E-state index in [4.69, 9.17) is 27.9 Å². The Morgan fingerprint density at radius 2 is 2.00 bits per heavy atom. The van der Waals surface area contributed by atoms with Gasteiger partial charge in [0.1, 0.15) is 0 Å². The second kappa shape index (κ2) is 8.72. The molecule has 0 aromatic heterocycles. The summed E-state index contributed by atoms with van der Waals surface area (Å²) < 4.78 is 5.05. The molecule has 1 aliphatic carbocycles. The molecule has 24 heavy (non-hydrogen) atoms. The lowest BCUT2D eigenvalue weighted by molar-refractivity contribution is -0.148. The lowest BCUT2D eigenvalue weighted by Crippen LogP contribution is -2.45. The predicted molar refractivity (Wildman–Crippen MR) is 95.2 cm³/mol. The zero-order valence-electron chi connectivity index (χ0n) is 14.0. The molecule has 0 saturated heterocycles. The minimum atomic E-state index is -0.487. The maximum absolute atomic E-state index is 12.0. The van der Waals surface area contributed by atoms with Gasteiger partial charge in [-0.1, -0.05) is 56.0 Å². The van der Waals surface area contributed by atoms with Crippen molar-refractivity contribution in [2.45, 2.75) is 45.6 Å². The van der Waals surface area contributed by atoms with Crippen molar-refractivity contribution < 1.29 is 14.3 Å². The van der Waals surface area contributed by atoms with Crippen LogP contribution in [0, 0.1) is 11.8 Å². The zero-order valence-corrected chi connectivity index (χ0v) is 15.5. The first-order chi connectivity index (χ1) is 11.4. The lowest BCUT2D eigenvalue weighted by atomic mass is 9.78. The molecule has 132 valence electrons. The molecule has 1 saturated carbocycles. The molecule has 1 N–H and O–H groups in total. The van der Waals surface area contributed by atoms with Crippen molar-refractivity contribution in [1.29, 1.82) is 0 Å². The van der Waals surface area contributed by atoms with Crippen molar-refractivity contribution in [2.75, 3.05) is 6.61 Å². The summed E-state index contributed by atoms with van der Waals surface area (Å²) >= 11 is 11.8.